The van der Waals surface area contributed by atoms with Gasteiger partial charge < -0.3 is 15.0 Å². The maximum atomic E-state index is 12.3. The molecule has 0 spiro atoms. The van der Waals surface area contributed by atoms with Crippen molar-refractivity contribution in [2.45, 2.75) is 32.8 Å². The minimum atomic E-state index is -0.366. The smallest absolute Gasteiger partial charge is 0.414 e. The summed E-state index contributed by atoms with van der Waals surface area (Å²) < 4.78 is 5.37. The molecule has 0 saturated carbocycles. The van der Waals surface area contributed by atoms with E-state index in [0.717, 1.165) is 41.8 Å². The fraction of sp³-hybridized carbons (Fsp3) is 0.474. The molecule has 1 saturated heterocycles. The zero-order valence-electron chi connectivity index (χ0n) is 16.0. The van der Waals surface area contributed by atoms with Crippen LogP contribution in [0.25, 0.3) is 0 Å². The molecule has 1 unspecified atom stereocenters. The van der Waals surface area contributed by atoms with E-state index in [-0.39, 0.29) is 18.1 Å². The van der Waals surface area contributed by atoms with E-state index in [1.165, 1.54) is 18.1 Å². The second kappa shape index (κ2) is 7.75. The van der Waals surface area contributed by atoms with Crippen molar-refractivity contribution in [3.05, 3.63) is 34.3 Å². The number of hydrogen-bond donors (Lipinski definition) is 1. The molecule has 2 aliphatic rings. The van der Waals surface area contributed by atoms with Gasteiger partial charge in [0.05, 0.1) is 13.1 Å². The Bertz CT molecular complexity index is 899. The molecule has 1 N–H and O–H groups in total. The van der Waals surface area contributed by atoms with E-state index in [2.05, 4.69) is 32.5 Å². The Morgan fingerprint density at radius 1 is 1.29 bits per heavy atom. The van der Waals surface area contributed by atoms with Crippen LogP contribution in [-0.4, -0.2) is 54.5 Å². The van der Waals surface area contributed by atoms with Gasteiger partial charge in [-0.2, -0.15) is 0 Å². The largest absolute Gasteiger partial charge is 0.442 e. The number of cyclic esters (lactones) is 1. The number of amides is 2. The molecule has 1 atom stereocenters. The lowest BCUT2D eigenvalue weighted by molar-refractivity contribution is -0.119. The van der Waals surface area contributed by atoms with Crippen LogP contribution in [0.3, 0.4) is 0 Å². The number of nitrogens with zero attached hydrogens (tertiary/aromatic N) is 4. The molecular weight excluding hydrogens is 378 g/mol. The molecular formula is C19H23N5O3S. The van der Waals surface area contributed by atoms with Gasteiger partial charge >= 0.3 is 6.09 Å². The fourth-order valence-corrected chi connectivity index (χ4v) is 4.32. The van der Waals surface area contributed by atoms with Gasteiger partial charge in [-0.3, -0.25) is 9.69 Å². The Labute approximate surface area is 167 Å². The number of carbonyl (C=O) groups excluding carboxylic acids is 2. The fourth-order valence-electron chi connectivity index (χ4n) is 3.58. The maximum absolute atomic E-state index is 12.3. The van der Waals surface area contributed by atoms with Crippen LogP contribution in [0.15, 0.2) is 18.2 Å². The van der Waals surface area contributed by atoms with Crippen LogP contribution in [0.4, 0.5) is 15.6 Å². The number of anilines is 2. The second-order valence-corrected chi connectivity index (χ2v) is 8.26. The van der Waals surface area contributed by atoms with Gasteiger partial charge in [-0.1, -0.05) is 17.4 Å². The predicted octanol–water partition coefficient (Wildman–Crippen LogP) is 1.91. The first-order chi connectivity index (χ1) is 13.5. The molecule has 1 aromatic carbocycles. The monoisotopic (exact) mass is 401 g/mol. The number of benzene rings is 1. The van der Waals surface area contributed by atoms with Crippen LogP contribution in [0, 0.1) is 6.92 Å². The molecule has 2 aliphatic heterocycles. The highest BCUT2D eigenvalue weighted by Crippen LogP contribution is 2.28. The minimum Gasteiger partial charge on any atom is -0.442 e. The van der Waals surface area contributed by atoms with Crippen LogP contribution >= 0.6 is 11.3 Å². The number of ether oxygens (including phenoxy) is 1. The van der Waals surface area contributed by atoms with Gasteiger partial charge in [0.25, 0.3) is 0 Å². The van der Waals surface area contributed by atoms with Crippen molar-refractivity contribution in [1.82, 2.24) is 15.5 Å². The zero-order chi connectivity index (χ0) is 19.7. The van der Waals surface area contributed by atoms with Gasteiger partial charge in [-0.25, -0.2) is 4.79 Å². The Morgan fingerprint density at radius 3 is 2.79 bits per heavy atom. The highest BCUT2D eigenvalue weighted by molar-refractivity contribution is 7.15. The Kier molecular flexibility index (Phi) is 5.17. The van der Waals surface area contributed by atoms with E-state index in [1.54, 1.807) is 16.2 Å². The average Bonchev–Trinajstić information content (AvgIpc) is 3.19. The molecule has 4 rings (SSSR count). The van der Waals surface area contributed by atoms with Gasteiger partial charge in [-0.05, 0) is 43.0 Å². The second-order valence-electron chi connectivity index (χ2n) is 7.10. The number of hydrogen-bond acceptors (Lipinski definition) is 7. The number of rotatable bonds is 4. The molecule has 1 fully saturated rings. The van der Waals surface area contributed by atoms with Gasteiger partial charge in [0.1, 0.15) is 11.1 Å². The highest BCUT2D eigenvalue weighted by atomic mass is 32.1. The Morgan fingerprint density at radius 2 is 2.07 bits per heavy atom. The molecule has 0 aliphatic carbocycles. The summed E-state index contributed by atoms with van der Waals surface area (Å²) in [6.07, 6.45) is 1.13. The topological polar surface area (TPSA) is 87.7 Å². The molecule has 8 nitrogen and oxygen atoms in total. The minimum absolute atomic E-state index is 0.130. The van der Waals surface area contributed by atoms with E-state index in [1.807, 2.05) is 13.0 Å². The van der Waals surface area contributed by atoms with Gasteiger partial charge in [0.15, 0.2) is 0 Å². The molecule has 2 amide bonds. The third kappa shape index (κ3) is 3.94. The first kappa shape index (κ1) is 18.7. The Balaban J connectivity index is 1.46. The van der Waals surface area contributed by atoms with Crippen molar-refractivity contribution in [2.24, 2.45) is 0 Å². The molecule has 0 radical (unpaired) electrons. The third-order valence-electron chi connectivity index (χ3n) is 5.04. The highest BCUT2D eigenvalue weighted by Gasteiger charge is 2.32. The van der Waals surface area contributed by atoms with Crippen LogP contribution in [-0.2, 0) is 22.4 Å². The van der Waals surface area contributed by atoms with Crippen molar-refractivity contribution >= 4 is 34.2 Å². The Hall–Kier alpha value is -2.68. The maximum Gasteiger partial charge on any atom is 0.414 e. The first-order valence-electron chi connectivity index (χ1n) is 9.39. The number of fused-ring (bicyclic) bond motifs is 1. The summed E-state index contributed by atoms with van der Waals surface area (Å²) in [6.45, 7) is 5.97. The number of carbonyl (C=O) groups is 2. The summed E-state index contributed by atoms with van der Waals surface area (Å²) in [6, 6.07) is 6.17. The first-order valence-corrected chi connectivity index (χ1v) is 10.2. The van der Waals surface area contributed by atoms with Crippen LogP contribution in [0.5, 0.6) is 0 Å². The van der Waals surface area contributed by atoms with Crippen molar-refractivity contribution in [1.29, 1.82) is 0 Å². The van der Waals surface area contributed by atoms with Gasteiger partial charge in [0, 0.05) is 25.7 Å². The molecule has 9 heteroatoms. The summed E-state index contributed by atoms with van der Waals surface area (Å²) in [4.78, 5) is 27.3. The lowest BCUT2D eigenvalue weighted by Crippen LogP contribution is -2.33. The molecule has 148 valence electrons. The zero-order valence-corrected chi connectivity index (χ0v) is 16.8. The van der Waals surface area contributed by atoms with Crippen molar-refractivity contribution in [3.8, 4) is 0 Å². The summed E-state index contributed by atoms with van der Waals surface area (Å²) >= 11 is 1.62. The quantitative estimate of drug-likeness (QED) is 0.842. The summed E-state index contributed by atoms with van der Waals surface area (Å²) in [5, 5.41) is 13.0. The van der Waals surface area contributed by atoms with Crippen molar-refractivity contribution < 1.29 is 14.3 Å². The van der Waals surface area contributed by atoms with Gasteiger partial charge in [0.2, 0.25) is 11.0 Å². The van der Waals surface area contributed by atoms with Crippen molar-refractivity contribution in [3.63, 3.8) is 0 Å². The van der Waals surface area contributed by atoms with Crippen LogP contribution in [0.1, 0.15) is 23.1 Å². The average molecular weight is 401 g/mol. The molecule has 2 aromatic rings. The van der Waals surface area contributed by atoms with E-state index in [0.29, 0.717) is 13.1 Å². The number of aromatic nitrogens is 2. The lowest BCUT2D eigenvalue weighted by atomic mass is 10.0. The van der Waals surface area contributed by atoms with Crippen molar-refractivity contribution in [2.75, 3.05) is 36.0 Å². The van der Waals surface area contributed by atoms with Gasteiger partial charge in [-0.15, -0.1) is 10.2 Å². The normalized spacial score (nSPS) is 19.2. The van der Waals surface area contributed by atoms with E-state index >= 15 is 0 Å². The number of nitrogens with one attached hydrogen (secondary N) is 1. The lowest BCUT2D eigenvalue weighted by Gasteiger charge is -2.17. The summed E-state index contributed by atoms with van der Waals surface area (Å²) in [7, 11) is 0. The number of aryl methyl sites for hydroxylation is 1. The molecule has 28 heavy (non-hydrogen) atoms. The van der Waals surface area contributed by atoms with Crippen LogP contribution in [0.2, 0.25) is 0 Å². The van der Waals surface area contributed by atoms with E-state index < -0.39 is 0 Å². The predicted molar refractivity (Wildman–Crippen MR) is 107 cm³/mol. The molecule has 3 heterocycles. The van der Waals surface area contributed by atoms with E-state index in [4.69, 9.17) is 4.74 Å². The standard InChI is InChI=1S/C19H23N5O3S/c1-12(25)20-10-17-11-24(19(26)27-17)16-4-3-14-5-7-23(8-6-15(14)9-16)18-22-21-13(2)28-18/h3-4,9,17H,5-8,10-11H2,1-2H3,(H,20,25). The summed E-state index contributed by atoms with van der Waals surface area (Å²) in [5.41, 5.74) is 3.39. The summed E-state index contributed by atoms with van der Waals surface area (Å²) in [5.74, 6) is -0.130. The third-order valence-corrected chi connectivity index (χ3v) is 5.94. The molecule has 0 bridgehead atoms. The molecule has 1 aromatic heterocycles. The van der Waals surface area contributed by atoms with Crippen LogP contribution < -0.4 is 15.1 Å². The SMILES string of the molecule is CC(=O)NCC1CN(c2ccc3c(c2)CCN(c2nnc(C)s2)CC3)C(=O)O1. The van der Waals surface area contributed by atoms with E-state index in [9.17, 15) is 9.59 Å².